The molecular formula is C19H20N4O4. The summed E-state index contributed by atoms with van der Waals surface area (Å²) in [5, 5.41) is 8.58. The van der Waals surface area contributed by atoms with Gasteiger partial charge in [0.15, 0.2) is 0 Å². The highest BCUT2D eigenvalue weighted by Crippen LogP contribution is 2.22. The van der Waals surface area contributed by atoms with Crippen molar-refractivity contribution in [3.63, 3.8) is 0 Å². The van der Waals surface area contributed by atoms with Gasteiger partial charge in [-0.2, -0.15) is 5.26 Å². The molecule has 2 aliphatic heterocycles. The van der Waals surface area contributed by atoms with Crippen LogP contribution in [0.15, 0.2) is 24.3 Å². The molecule has 2 aliphatic rings. The van der Waals surface area contributed by atoms with Crippen molar-refractivity contribution in [2.24, 2.45) is 0 Å². The monoisotopic (exact) mass is 368 g/mol. The van der Waals surface area contributed by atoms with Gasteiger partial charge in [0.05, 0.1) is 17.2 Å². The van der Waals surface area contributed by atoms with E-state index in [0.717, 1.165) is 0 Å². The number of imide groups is 1. The van der Waals surface area contributed by atoms with Crippen molar-refractivity contribution < 1.29 is 19.2 Å². The van der Waals surface area contributed by atoms with Crippen molar-refractivity contribution in [1.82, 2.24) is 14.7 Å². The maximum Gasteiger partial charge on any atom is 0.261 e. The summed E-state index contributed by atoms with van der Waals surface area (Å²) in [5.74, 6) is -0.894. The molecule has 2 heterocycles. The molecule has 8 heteroatoms. The third kappa shape index (κ3) is 3.82. The van der Waals surface area contributed by atoms with Crippen LogP contribution in [0.25, 0.3) is 0 Å². The molecule has 0 aromatic heterocycles. The van der Waals surface area contributed by atoms with E-state index in [9.17, 15) is 19.2 Å². The number of carbonyl (C=O) groups excluding carboxylic acids is 4. The van der Waals surface area contributed by atoms with E-state index in [0.29, 0.717) is 43.7 Å². The molecule has 1 fully saturated rings. The maximum absolute atomic E-state index is 12.3. The molecule has 0 bridgehead atoms. The van der Waals surface area contributed by atoms with Crippen LogP contribution < -0.4 is 0 Å². The molecule has 0 N–H and O–H groups in total. The molecule has 4 amide bonds. The molecule has 0 spiro atoms. The van der Waals surface area contributed by atoms with E-state index in [1.807, 2.05) is 6.07 Å². The van der Waals surface area contributed by atoms with Gasteiger partial charge < -0.3 is 9.80 Å². The molecule has 1 saturated heterocycles. The van der Waals surface area contributed by atoms with Crippen LogP contribution in [0.3, 0.4) is 0 Å². The lowest BCUT2D eigenvalue weighted by Crippen LogP contribution is -2.50. The van der Waals surface area contributed by atoms with Crippen LogP contribution in [-0.4, -0.2) is 71.1 Å². The second-order valence-electron chi connectivity index (χ2n) is 6.51. The van der Waals surface area contributed by atoms with Crippen molar-refractivity contribution >= 4 is 23.6 Å². The van der Waals surface area contributed by atoms with Crippen LogP contribution in [0.2, 0.25) is 0 Å². The average Bonchev–Trinajstić information content (AvgIpc) is 2.93. The first-order chi connectivity index (χ1) is 13.0. The fourth-order valence-corrected chi connectivity index (χ4v) is 3.37. The quantitative estimate of drug-likeness (QED) is 0.710. The Labute approximate surface area is 156 Å². The molecule has 0 atom stereocenters. The van der Waals surface area contributed by atoms with E-state index in [1.165, 1.54) is 4.90 Å². The zero-order valence-corrected chi connectivity index (χ0v) is 14.9. The van der Waals surface area contributed by atoms with Crippen LogP contribution in [-0.2, 0) is 9.59 Å². The van der Waals surface area contributed by atoms with Crippen LogP contribution >= 0.6 is 0 Å². The number of fused-ring (bicyclic) bond motifs is 1. The van der Waals surface area contributed by atoms with Gasteiger partial charge in [-0.05, 0) is 18.6 Å². The second-order valence-corrected chi connectivity index (χ2v) is 6.51. The Balaban J connectivity index is 1.45. The van der Waals surface area contributed by atoms with Crippen molar-refractivity contribution in [1.29, 1.82) is 5.26 Å². The molecule has 0 radical (unpaired) electrons. The van der Waals surface area contributed by atoms with Gasteiger partial charge >= 0.3 is 0 Å². The number of nitriles is 1. The summed E-state index contributed by atoms with van der Waals surface area (Å²) in [6.45, 7) is 1.92. The molecule has 27 heavy (non-hydrogen) atoms. The Morgan fingerprint density at radius 2 is 1.44 bits per heavy atom. The van der Waals surface area contributed by atoms with Crippen LogP contribution in [0, 0.1) is 11.3 Å². The minimum atomic E-state index is -0.312. The SMILES string of the molecule is N#CCC(=O)N1CCN(C(=O)CCCN2C(=O)c3ccccc3C2=O)CC1. The van der Waals surface area contributed by atoms with Crippen molar-refractivity contribution in [2.45, 2.75) is 19.3 Å². The smallest absolute Gasteiger partial charge is 0.261 e. The van der Waals surface area contributed by atoms with Crippen molar-refractivity contribution in [3.05, 3.63) is 35.4 Å². The lowest BCUT2D eigenvalue weighted by molar-refractivity contribution is -0.139. The summed E-state index contributed by atoms with van der Waals surface area (Å²) in [7, 11) is 0. The molecule has 0 aliphatic carbocycles. The summed E-state index contributed by atoms with van der Waals surface area (Å²) in [6.07, 6.45) is 0.492. The molecule has 3 rings (SSSR count). The van der Waals surface area contributed by atoms with E-state index in [1.54, 1.807) is 34.1 Å². The van der Waals surface area contributed by atoms with Crippen molar-refractivity contribution in [3.8, 4) is 6.07 Å². The third-order valence-corrected chi connectivity index (χ3v) is 4.87. The lowest BCUT2D eigenvalue weighted by Gasteiger charge is -2.34. The van der Waals surface area contributed by atoms with E-state index in [4.69, 9.17) is 5.26 Å². The van der Waals surface area contributed by atoms with E-state index in [-0.39, 0.29) is 43.0 Å². The summed E-state index contributed by atoms with van der Waals surface area (Å²) >= 11 is 0. The Bertz CT molecular complexity index is 786. The normalized spacial score (nSPS) is 16.3. The number of hydrogen-bond acceptors (Lipinski definition) is 5. The van der Waals surface area contributed by atoms with E-state index >= 15 is 0 Å². The van der Waals surface area contributed by atoms with Gasteiger partial charge in [0.1, 0.15) is 6.42 Å². The fraction of sp³-hybridized carbons (Fsp3) is 0.421. The number of nitrogens with zero attached hydrogens (tertiary/aromatic N) is 4. The summed E-state index contributed by atoms with van der Waals surface area (Å²) in [6, 6.07) is 8.54. The highest BCUT2D eigenvalue weighted by molar-refractivity contribution is 6.21. The summed E-state index contributed by atoms with van der Waals surface area (Å²) in [4.78, 5) is 53.0. The molecule has 0 saturated carbocycles. The first-order valence-corrected chi connectivity index (χ1v) is 8.90. The number of benzene rings is 1. The minimum absolute atomic E-state index is 0.0565. The lowest BCUT2D eigenvalue weighted by atomic mass is 10.1. The van der Waals surface area contributed by atoms with Crippen LogP contribution in [0.5, 0.6) is 0 Å². The average molecular weight is 368 g/mol. The van der Waals surface area contributed by atoms with Gasteiger partial charge in [-0.15, -0.1) is 0 Å². The number of rotatable bonds is 5. The van der Waals surface area contributed by atoms with Gasteiger partial charge in [0.25, 0.3) is 11.8 Å². The largest absolute Gasteiger partial charge is 0.339 e. The maximum atomic E-state index is 12.3. The zero-order chi connectivity index (χ0) is 19.4. The topological polar surface area (TPSA) is 102 Å². The molecule has 1 aromatic rings. The number of hydrogen-bond donors (Lipinski definition) is 0. The number of carbonyl (C=O) groups is 4. The molecular weight excluding hydrogens is 348 g/mol. The Morgan fingerprint density at radius 3 is 1.96 bits per heavy atom. The fourth-order valence-electron chi connectivity index (χ4n) is 3.37. The Kier molecular flexibility index (Phi) is 5.50. The third-order valence-electron chi connectivity index (χ3n) is 4.87. The van der Waals surface area contributed by atoms with Crippen LogP contribution in [0.4, 0.5) is 0 Å². The van der Waals surface area contributed by atoms with E-state index < -0.39 is 0 Å². The minimum Gasteiger partial charge on any atom is -0.339 e. The highest BCUT2D eigenvalue weighted by Gasteiger charge is 2.34. The number of amides is 4. The Morgan fingerprint density at radius 1 is 0.926 bits per heavy atom. The second kappa shape index (κ2) is 7.99. The standard InChI is InChI=1S/C19H20N4O4/c20-8-7-17(25)22-12-10-21(11-13-22)16(24)6-3-9-23-18(26)14-4-1-2-5-15(14)19(23)27/h1-2,4-5H,3,6-7,9-13H2. The summed E-state index contributed by atoms with van der Waals surface area (Å²) in [5.41, 5.74) is 0.818. The van der Waals surface area contributed by atoms with Crippen molar-refractivity contribution in [2.75, 3.05) is 32.7 Å². The molecule has 0 unspecified atom stereocenters. The first-order valence-electron chi connectivity index (χ1n) is 8.90. The molecule has 1 aromatic carbocycles. The zero-order valence-electron chi connectivity index (χ0n) is 14.9. The van der Waals surface area contributed by atoms with Gasteiger partial charge in [-0.1, -0.05) is 12.1 Å². The first kappa shape index (κ1) is 18.6. The molecule has 140 valence electrons. The van der Waals surface area contributed by atoms with Gasteiger partial charge in [0.2, 0.25) is 11.8 Å². The van der Waals surface area contributed by atoms with E-state index in [2.05, 4.69) is 0 Å². The van der Waals surface area contributed by atoms with Gasteiger partial charge in [-0.25, -0.2) is 0 Å². The highest BCUT2D eigenvalue weighted by atomic mass is 16.2. The number of piperazine rings is 1. The molecule has 8 nitrogen and oxygen atoms in total. The summed E-state index contributed by atoms with van der Waals surface area (Å²) < 4.78 is 0. The predicted molar refractivity (Wildman–Crippen MR) is 94.4 cm³/mol. The van der Waals surface area contributed by atoms with Gasteiger partial charge in [-0.3, -0.25) is 24.1 Å². The van der Waals surface area contributed by atoms with Gasteiger partial charge in [0, 0.05) is 39.1 Å². The Hall–Kier alpha value is -3.21. The van der Waals surface area contributed by atoms with Crippen LogP contribution in [0.1, 0.15) is 40.0 Å². The predicted octanol–water partition coefficient (Wildman–Crippen LogP) is 0.647.